The molecule has 2 nitrogen and oxygen atoms in total. The van der Waals surface area contributed by atoms with Crippen molar-refractivity contribution in [3.63, 3.8) is 0 Å². The molecule has 0 radical (unpaired) electrons. The van der Waals surface area contributed by atoms with Crippen LogP contribution in [0, 0.1) is 5.92 Å². The molecule has 0 amide bonds. The minimum Gasteiger partial charge on any atom is -0.413 e. The van der Waals surface area contributed by atoms with Gasteiger partial charge in [0.2, 0.25) is 0 Å². The van der Waals surface area contributed by atoms with Crippen LogP contribution in [0.4, 0.5) is 0 Å². The highest BCUT2D eigenvalue weighted by atomic mass is 127. The van der Waals surface area contributed by atoms with E-state index in [1.54, 1.807) is 0 Å². The summed E-state index contributed by atoms with van der Waals surface area (Å²) >= 11 is 2.22. The van der Waals surface area contributed by atoms with E-state index < -0.39 is 8.32 Å². The van der Waals surface area contributed by atoms with E-state index >= 15 is 0 Å². The summed E-state index contributed by atoms with van der Waals surface area (Å²) < 4.78 is 8.25. The second kappa shape index (κ2) is 8.84. The molecule has 0 aromatic rings. The fourth-order valence-electron chi connectivity index (χ4n) is 1.68. The van der Waals surface area contributed by atoms with Crippen LogP contribution in [0.5, 0.6) is 0 Å². The van der Waals surface area contributed by atoms with Crippen LogP contribution >= 0.6 is 22.6 Å². The van der Waals surface area contributed by atoms with Crippen molar-refractivity contribution in [3.8, 4) is 0 Å². The molecule has 2 atom stereocenters. The van der Waals surface area contributed by atoms with Crippen molar-refractivity contribution in [2.75, 3.05) is 6.61 Å². The van der Waals surface area contributed by atoms with Gasteiger partial charge in [-0.2, -0.15) is 0 Å². The van der Waals surface area contributed by atoms with Crippen molar-refractivity contribution in [2.45, 2.75) is 72.2 Å². The van der Waals surface area contributed by atoms with Gasteiger partial charge in [-0.3, -0.25) is 0 Å². The molecule has 0 aromatic carbocycles. The Bertz CT molecular complexity index is 381. The smallest absolute Gasteiger partial charge is 0.192 e. The van der Waals surface area contributed by atoms with Gasteiger partial charge in [-0.25, -0.2) is 0 Å². The molecule has 1 N–H and O–H groups in total. The molecule has 0 heterocycles. The van der Waals surface area contributed by atoms with E-state index in [9.17, 15) is 5.11 Å². The molecule has 124 valence electrons. The van der Waals surface area contributed by atoms with E-state index in [0.29, 0.717) is 6.61 Å². The normalized spacial score (nSPS) is 17.8. The van der Waals surface area contributed by atoms with Gasteiger partial charge in [0.05, 0.1) is 12.7 Å². The second-order valence-electron chi connectivity index (χ2n) is 7.65. The molecule has 0 saturated carbocycles. The van der Waals surface area contributed by atoms with Crippen LogP contribution in [0.1, 0.15) is 48.0 Å². The third-order valence-corrected chi connectivity index (χ3v) is 9.88. The molecule has 0 fully saturated rings. The molecule has 0 aliphatic rings. The molecule has 0 unspecified atom stereocenters. The van der Waals surface area contributed by atoms with Crippen molar-refractivity contribution < 1.29 is 9.53 Å². The van der Waals surface area contributed by atoms with E-state index in [1.807, 2.05) is 4.08 Å². The minimum atomic E-state index is -1.69. The number of rotatable bonds is 7. The van der Waals surface area contributed by atoms with Crippen LogP contribution in [0.25, 0.3) is 0 Å². The van der Waals surface area contributed by atoms with Crippen molar-refractivity contribution in [2.24, 2.45) is 5.92 Å². The number of hydrogen-bond acceptors (Lipinski definition) is 2. The Morgan fingerprint density at radius 3 is 2.19 bits per heavy atom. The zero-order valence-corrected chi connectivity index (χ0v) is 18.1. The molecular formula is C17H33IO2Si. The summed E-state index contributed by atoms with van der Waals surface area (Å²) in [5, 5.41) is 10.4. The summed E-state index contributed by atoms with van der Waals surface area (Å²) in [6, 6.07) is 0. The second-order valence-corrected chi connectivity index (χ2v) is 13.1. The Kier molecular flexibility index (Phi) is 8.99. The molecule has 0 saturated heterocycles. The average molecular weight is 424 g/mol. The molecule has 4 heteroatoms. The van der Waals surface area contributed by atoms with E-state index in [0.717, 1.165) is 6.42 Å². The first kappa shape index (κ1) is 21.3. The lowest BCUT2D eigenvalue weighted by Gasteiger charge is -2.36. The Balaban J connectivity index is 4.55. The summed E-state index contributed by atoms with van der Waals surface area (Å²) in [6.07, 6.45) is 2.56. The van der Waals surface area contributed by atoms with Crippen LogP contribution in [0.15, 0.2) is 21.3 Å². The Hall–Kier alpha value is 0.347. The molecule has 21 heavy (non-hydrogen) atoms. The van der Waals surface area contributed by atoms with Gasteiger partial charge in [-0.15, -0.1) is 0 Å². The van der Waals surface area contributed by atoms with E-state index in [2.05, 4.69) is 83.3 Å². The summed E-state index contributed by atoms with van der Waals surface area (Å²) in [7, 11) is -1.69. The van der Waals surface area contributed by atoms with E-state index in [4.69, 9.17) is 4.43 Å². The maximum atomic E-state index is 10.2. The van der Waals surface area contributed by atoms with E-state index in [1.165, 1.54) is 11.1 Å². The highest BCUT2D eigenvalue weighted by Gasteiger charge is 2.36. The number of aliphatic hydroxyl groups is 1. The van der Waals surface area contributed by atoms with E-state index in [-0.39, 0.29) is 17.1 Å². The predicted octanol–water partition coefficient (Wildman–Crippen LogP) is 5.68. The molecule has 0 aliphatic carbocycles. The topological polar surface area (TPSA) is 29.5 Å². The molecule has 0 bridgehead atoms. The maximum absolute atomic E-state index is 10.2. The van der Waals surface area contributed by atoms with Crippen LogP contribution in [-0.4, -0.2) is 26.1 Å². The highest BCUT2D eigenvalue weighted by Crippen LogP contribution is 2.36. The van der Waals surface area contributed by atoms with Crippen LogP contribution in [0.2, 0.25) is 18.1 Å². The Morgan fingerprint density at radius 2 is 1.76 bits per heavy atom. The molecule has 0 aromatic heterocycles. The standard InChI is InChI=1S/C17H33IO2Si/c1-13(11-18)10-16(19)15(3)9-14(2)12-20-21(7,8)17(4,5)6/h9,11,15-16,19H,10,12H2,1-8H3/b13-11+,14-9+/t15-,16+/m1/s1. The Morgan fingerprint density at radius 1 is 1.24 bits per heavy atom. The predicted molar refractivity (Wildman–Crippen MR) is 104 cm³/mol. The first-order valence-corrected chi connectivity index (χ1v) is 11.8. The van der Waals surface area contributed by atoms with Crippen molar-refractivity contribution in [1.82, 2.24) is 0 Å². The summed E-state index contributed by atoms with van der Waals surface area (Å²) in [4.78, 5) is 0. The van der Waals surface area contributed by atoms with Crippen molar-refractivity contribution >= 4 is 30.9 Å². The SMILES string of the molecule is C/C(=C\[C@@H](C)[C@@H](O)C/C(C)=C/I)CO[Si](C)(C)C(C)(C)C. The van der Waals surface area contributed by atoms with Crippen LogP contribution < -0.4 is 0 Å². The number of hydrogen-bond donors (Lipinski definition) is 1. The van der Waals surface area contributed by atoms with Gasteiger partial charge in [0.15, 0.2) is 8.32 Å². The molecular weight excluding hydrogens is 391 g/mol. The molecule has 0 aliphatic heterocycles. The molecule has 0 spiro atoms. The van der Waals surface area contributed by atoms with Crippen LogP contribution in [0.3, 0.4) is 0 Å². The van der Waals surface area contributed by atoms with Crippen molar-refractivity contribution in [3.05, 3.63) is 21.3 Å². The fraction of sp³-hybridized carbons (Fsp3) is 0.765. The van der Waals surface area contributed by atoms with Gasteiger partial charge < -0.3 is 9.53 Å². The lowest BCUT2D eigenvalue weighted by molar-refractivity contribution is 0.137. The fourth-order valence-corrected chi connectivity index (χ4v) is 2.95. The summed E-state index contributed by atoms with van der Waals surface area (Å²) in [5.41, 5.74) is 2.43. The summed E-state index contributed by atoms with van der Waals surface area (Å²) in [5.74, 6) is 0.152. The first-order chi connectivity index (χ1) is 9.40. The zero-order chi connectivity index (χ0) is 16.8. The number of halogens is 1. The highest BCUT2D eigenvalue weighted by molar-refractivity contribution is 14.1. The maximum Gasteiger partial charge on any atom is 0.192 e. The average Bonchev–Trinajstić information content (AvgIpc) is 2.34. The third-order valence-electron chi connectivity index (χ3n) is 4.34. The van der Waals surface area contributed by atoms with Gasteiger partial charge >= 0.3 is 0 Å². The van der Waals surface area contributed by atoms with Gasteiger partial charge in [0.25, 0.3) is 0 Å². The van der Waals surface area contributed by atoms with Gasteiger partial charge in [-0.1, -0.05) is 67.5 Å². The van der Waals surface area contributed by atoms with Crippen molar-refractivity contribution in [1.29, 1.82) is 0 Å². The van der Waals surface area contributed by atoms with Gasteiger partial charge in [0, 0.05) is 5.92 Å². The largest absolute Gasteiger partial charge is 0.413 e. The Labute approximate surface area is 146 Å². The first-order valence-electron chi connectivity index (χ1n) is 7.66. The lowest BCUT2D eigenvalue weighted by atomic mass is 9.97. The lowest BCUT2D eigenvalue weighted by Crippen LogP contribution is -2.41. The zero-order valence-electron chi connectivity index (χ0n) is 15.0. The quantitative estimate of drug-likeness (QED) is 0.324. The van der Waals surface area contributed by atoms with Gasteiger partial charge in [0.1, 0.15) is 0 Å². The van der Waals surface area contributed by atoms with Crippen LogP contribution in [-0.2, 0) is 4.43 Å². The monoisotopic (exact) mass is 424 g/mol. The number of aliphatic hydroxyl groups excluding tert-OH is 1. The molecule has 0 rings (SSSR count). The third kappa shape index (κ3) is 7.95. The van der Waals surface area contributed by atoms with Gasteiger partial charge in [-0.05, 0) is 42.5 Å². The summed E-state index contributed by atoms with van der Waals surface area (Å²) in [6.45, 7) is 18.2. The minimum absolute atomic E-state index is 0.152.